The minimum absolute atomic E-state index is 0.0352. The van der Waals surface area contributed by atoms with Crippen molar-refractivity contribution < 1.29 is 19.1 Å². The summed E-state index contributed by atoms with van der Waals surface area (Å²) in [5, 5.41) is 0. The van der Waals surface area contributed by atoms with Gasteiger partial charge in [0.2, 0.25) is 0 Å². The molecule has 0 spiro atoms. The molecule has 4 heteroatoms. The zero-order valence-electron chi connectivity index (χ0n) is 22.4. The number of hydrogen-bond acceptors (Lipinski definition) is 4. The average molecular weight is 467 g/mol. The van der Waals surface area contributed by atoms with Crippen LogP contribution in [-0.4, -0.2) is 25.2 Å². The van der Waals surface area contributed by atoms with Crippen LogP contribution in [-0.2, 0) is 19.1 Å². The van der Waals surface area contributed by atoms with Gasteiger partial charge in [-0.2, -0.15) is 0 Å². The second kappa shape index (κ2) is 19.3. The summed E-state index contributed by atoms with van der Waals surface area (Å²) in [6.07, 6.45) is 18.8. The molecule has 33 heavy (non-hydrogen) atoms. The molecule has 0 N–H and O–H groups in total. The molecular formula is C29H54O4. The van der Waals surface area contributed by atoms with E-state index in [2.05, 4.69) is 27.7 Å². The Morgan fingerprint density at radius 3 is 1.79 bits per heavy atom. The normalized spacial score (nSPS) is 19.4. The van der Waals surface area contributed by atoms with Crippen LogP contribution in [0.1, 0.15) is 137 Å². The first kappa shape index (κ1) is 30.0. The van der Waals surface area contributed by atoms with Crippen LogP contribution in [0.3, 0.4) is 0 Å². The highest BCUT2D eigenvalue weighted by molar-refractivity contribution is 5.75. The molecule has 1 fully saturated rings. The molecular weight excluding hydrogens is 412 g/mol. The highest BCUT2D eigenvalue weighted by Crippen LogP contribution is 2.31. The zero-order valence-corrected chi connectivity index (χ0v) is 22.4. The molecule has 194 valence electrons. The third-order valence-corrected chi connectivity index (χ3v) is 7.19. The Balaban J connectivity index is 2.12. The topological polar surface area (TPSA) is 52.6 Å². The molecule has 0 aromatic rings. The number of rotatable bonds is 19. The monoisotopic (exact) mass is 466 g/mol. The highest BCUT2D eigenvalue weighted by atomic mass is 16.5. The van der Waals surface area contributed by atoms with Gasteiger partial charge in [-0.15, -0.1) is 0 Å². The fourth-order valence-electron chi connectivity index (χ4n) is 4.94. The first-order valence-corrected chi connectivity index (χ1v) is 14.3. The molecule has 0 bridgehead atoms. The fraction of sp³-hybridized carbons (Fsp3) is 0.931. The van der Waals surface area contributed by atoms with Crippen LogP contribution in [0, 0.1) is 23.7 Å². The summed E-state index contributed by atoms with van der Waals surface area (Å²) < 4.78 is 11.2. The van der Waals surface area contributed by atoms with Gasteiger partial charge in [-0.05, 0) is 56.8 Å². The molecule has 0 amide bonds. The van der Waals surface area contributed by atoms with E-state index in [1.165, 1.54) is 51.4 Å². The lowest BCUT2D eigenvalue weighted by atomic mass is 9.82. The highest BCUT2D eigenvalue weighted by Gasteiger charge is 2.31. The van der Waals surface area contributed by atoms with Crippen LogP contribution in [0.5, 0.6) is 0 Å². The molecule has 1 unspecified atom stereocenters. The van der Waals surface area contributed by atoms with Crippen molar-refractivity contribution in [3.63, 3.8) is 0 Å². The van der Waals surface area contributed by atoms with Gasteiger partial charge in [0.25, 0.3) is 0 Å². The minimum atomic E-state index is -0.0577. The first-order valence-electron chi connectivity index (χ1n) is 14.3. The fourth-order valence-corrected chi connectivity index (χ4v) is 4.94. The molecule has 0 radical (unpaired) electrons. The molecule has 4 nitrogen and oxygen atoms in total. The molecule has 1 aliphatic carbocycles. The molecule has 1 atom stereocenters. The number of carbonyl (C=O) groups excluding carboxylic acids is 2. The van der Waals surface area contributed by atoms with Gasteiger partial charge < -0.3 is 9.47 Å². The van der Waals surface area contributed by atoms with Crippen LogP contribution in [0.25, 0.3) is 0 Å². The Labute approximate surface area is 205 Å². The van der Waals surface area contributed by atoms with Gasteiger partial charge in [0.1, 0.15) is 0 Å². The van der Waals surface area contributed by atoms with E-state index in [1.54, 1.807) is 0 Å². The van der Waals surface area contributed by atoms with E-state index in [-0.39, 0.29) is 23.8 Å². The van der Waals surface area contributed by atoms with E-state index in [0.717, 1.165) is 63.7 Å². The van der Waals surface area contributed by atoms with Gasteiger partial charge in [0.05, 0.1) is 25.0 Å². The maximum Gasteiger partial charge on any atom is 0.308 e. The standard InChI is InChI=1S/C29H54O4/c1-5-7-12-17-25(15-6-2)23-33-29(31)27-20-18-26(19-21-27)28(30)32-22-14-11-9-8-10-13-16-24(3)4/h24-27H,5-23H2,1-4H3. The smallest absolute Gasteiger partial charge is 0.308 e. The van der Waals surface area contributed by atoms with E-state index in [9.17, 15) is 9.59 Å². The van der Waals surface area contributed by atoms with Gasteiger partial charge in [0, 0.05) is 0 Å². The molecule has 0 aliphatic heterocycles. The van der Waals surface area contributed by atoms with Crippen LogP contribution in [0.15, 0.2) is 0 Å². The number of unbranched alkanes of at least 4 members (excludes halogenated alkanes) is 7. The summed E-state index contributed by atoms with van der Waals surface area (Å²) in [4.78, 5) is 24.9. The van der Waals surface area contributed by atoms with Gasteiger partial charge in [-0.25, -0.2) is 0 Å². The van der Waals surface area contributed by atoms with Crippen molar-refractivity contribution in [2.24, 2.45) is 23.7 Å². The molecule has 0 aromatic carbocycles. The Morgan fingerprint density at radius 1 is 0.667 bits per heavy atom. The number of carbonyl (C=O) groups is 2. The van der Waals surface area contributed by atoms with Crippen molar-refractivity contribution >= 4 is 11.9 Å². The molecule has 0 heterocycles. The van der Waals surface area contributed by atoms with Crippen molar-refractivity contribution in [2.45, 2.75) is 137 Å². The van der Waals surface area contributed by atoms with Crippen molar-refractivity contribution in [3.8, 4) is 0 Å². The van der Waals surface area contributed by atoms with Crippen molar-refractivity contribution in [1.82, 2.24) is 0 Å². The van der Waals surface area contributed by atoms with Crippen LogP contribution >= 0.6 is 0 Å². The predicted molar refractivity (Wildman–Crippen MR) is 137 cm³/mol. The molecule has 1 saturated carbocycles. The molecule has 0 saturated heterocycles. The Bertz CT molecular complexity index is 494. The van der Waals surface area contributed by atoms with E-state index < -0.39 is 0 Å². The summed E-state index contributed by atoms with van der Waals surface area (Å²) in [6.45, 7) is 10.1. The Morgan fingerprint density at radius 2 is 1.21 bits per heavy atom. The van der Waals surface area contributed by atoms with Crippen LogP contribution in [0.4, 0.5) is 0 Å². The zero-order chi connectivity index (χ0) is 24.3. The lowest BCUT2D eigenvalue weighted by Crippen LogP contribution is -2.29. The van der Waals surface area contributed by atoms with Crippen molar-refractivity contribution in [3.05, 3.63) is 0 Å². The van der Waals surface area contributed by atoms with Gasteiger partial charge in [-0.3, -0.25) is 9.59 Å². The summed E-state index contributed by atoms with van der Waals surface area (Å²) >= 11 is 0. The van der Waals surface area contributed by atoms with Crippen LogP contribution in [0.2, 0.25) is 0 Å². The lowest BCUT2D eigenvalue weighted by Gasteiger charge is -2.26. The third kappa shape index (κ3) is 14.7. The lowest BCUT2D eigenvalue weighted by molar-refractivity contribution is -0.156. The van der Waals surface area contributed by atoms with Crippen LogP contribution < -0.4 is 0 Å². The summed E-state index contributed by atoms with van der Waals surface area (Å²) in [7, 11) is 0. The second-order valence-electron chi connectivity index (χ2n) is 10.8. The SMILES string of the molecule is CCCCCC(CCC)COC(=O)C1CCC(C(=O)OCCCCCCCCC(C)C)CC1. The van der Waals surface area contributed by atoms with E-state index in [0.29, 0.717) is 19.1 Å². The molecule has 1 aliphatic rings. The van der Waals surface area contributed by atoms with E-state index in [1.807, 2.05) is 0 Å². The van der Waals surface area contributed by atoms with Gasteiger partial charge in [0.15, 0.2) is 0 Å². The Hall–Kier alpha value is -1.06. The van der Waals surface area contributed by atoms with Crippen molar-refractivity contribution in [2.75, 3.05) is 13.2 Å². The van der Waals surface area contributed by atoms with Crippen molar-refractivity contribution in [1.29, 1.82) is 0 Å². The predicted octanol–water partition coefficient (Wildman–Crippen LogP) is 8.26. The van der Waals surface area contributed by atoms with Gasteiger partial charge >= 0.3 is 11.9 Å². The number of esters is 2. The Kier molecular flexibility index (Phi) is 17.5. The number of hydrogen-bond donors (Lipinski definition) is 0. The minimum Gasteiger partial charge on any atom is -0.465 e. The molecule has 1 rings (SSSR count). The van der Waals surface area contributed by atoms with E-state index >= 15 is 0 Å². The second-order valence-corrected chi connectivity index (χ2v) is 10.8. The quantitative estimate of drug-likeness (QED) is 0.142. The first-order chi connectivity index (χ1) is 16.0. The maximum atomic E-state index is 12.5. The third-order valence-electron chi connectivity index (χ3n) is 7.19. The van der Waals surface area contributed by atoms with E-state index in [4.69, 9.17) is 9.47 Å². The molecule has 0 aromatic heterocycles. The van der Waals surface area contributed by atoms with Gasteiger partial charge in [-0.1, -0.05) is 91.9 Å². The number of ether oxygens (including phenoxy) is 2. The maximum absolute atomic E-state index is 12.5. The summed E-state index contributed by atoms with van der Waals surface area (Å²) in [5.74, 6) is 1.12. The summed E-state index contributed by atoms with van der Waals surface area (Å²) in [5.41, 5.74) is 0. The summed E-state index contributed by atoms with van der Waals surface area (Å²) in [6, 6.07) is 0. The largest absolute Gasteiger partial charge is 0.465 e. The average Bonchev–Trinajstić information content (AvgIpc) is 2.81.